The van der Waals surface area contributed by atoms with Gasteiger partial charge in [0, 0.05) is 13.2 Å². The fourth-order valence-electron chi connectivity index (χ4n) is 2.10. The molecule has 0 aliphatic carbocycles. The minimum Gasteiger partial charge on any atom is -0.377 e. The van der Waals surface area contributed by atoms with Crippen molar-refractivity contribution in [3.63, 3.8) is 0 Å². The number of hydrogen-bond acceptors (Lipinski definition) is 2. The molecule has 0 spiro atoms. The summed E-state index contributed by atoms with van der Waals surface area (Å²) in [5.41, 5.74) is 5.22. The second-order valence-electron chi connectivity index (χ2n) is 5.52. The van der Waals surface area contributed by atoms with Crippen LogP contribution in [0.5, 0.6) is 0 Å². The zero-order valence-electron chi connectivity index (χ0n) is 13.6. The van der Waals surface area contributed by atoms with Crippen molar-refractivity contribution in [2.45, 2.75) is 66.6 Å². The van der Waals surface area contributed by atoms with E-state index in [-0.39, 0.29) is 0 Å². The molecule has 0 fully saturated rings. The predicted octanol–water partition coefficient (Wildman–Crippen LogP) is 4.94. The number of hydrogen-bond donors (Lipinski definition) is 0. The highest BCUT2D eigenvalue weighted by Gasteiger charge is 2.05. The van der Waals surface area contributed by atoms with E-state index in [1.165, 1.54) is 35.1 Å². The van der Waals surface area contributed by atoms with E-state index in [1.54, 1.807) is 0 Å². The lowest BCUT2D eigenvalue weighted by molar-refractivity contribution is 0.115. The van der Waals surface area contributed by atoms with E-state index in [4.69, 9.17) is 9.47 Å². The maximum absolute atomic E-state index is 5.72. The van der Waals surface area contributed by atoms with Gasteiger partial charge in [0.1, 0.15) is 0 Å². The molecule has 114 valence electrons. The van der Waals surface area contributed by atoms with Crippen molar-refractivity contribution in [3.8, 4) is 0 Å². The molecule has 0 aliphatic rings. The summed E-state index contributed by atoms with van der Waals surface area (Å²) in [5.74, 6) is 0. The Balaban J connectivity index is 2.52. The lowest BCUT2D eigenvalue weighted by Crippen LogP contribution is -2.02. The fourth-order valence-corrected chi connectivity index (χ4v) is 2.10. The van der Waals surface area contributed by atoms with Gasteiger partial charge in [-0.15, -0.1) is 0 Å². The largest absolute Gasteiger partial charge is 0.377 e. The van der Waals surface area contributed by atoms with Crippen LogP contribution in [-0.4, -0.2) is 13.2 Å². The van der Waals surface area contributed by atoms with Crippen LogP contribution >= 0.6 is 0 Å². The topological polar surface area (TPSA) is 18.5 Å². The van der Waals surface area contributed by atoms with E-state index in [2.05, 4.69) is 39.8 Å². The molecular formula is C18H30O2. The van der Waals surface area contributed by atoms with E-state index in [9.17, 15) is 0 Å². The molecule has 0 aromatic heterocycles. The first kappa shape index (κ1) is 17.2. The molecule has 0 saturated carbocycles. The Morgan fingerprint density at radius 1 is 0.750 bits per heavy atom. The van der Waals surface area contributed by atoms with Crippen LogP contribution < -0.4 is 0 Å². The van der Waals surface area contributed by atoms with Crippen LogP contribution in [0.15, 0.2) is 12.1 Å². The van der Waals surface area contributed by atoms with Crippen molar-refractivity contribution < 1.29 is 9.47 Å². The Bertz CT molecular complexity index is 347. The molecule has 0 unspecified atom stereocenters. The Morgan fingerprint density at radius 2 is 1.15 bits per heavy atom. The van der Waals surface area contributed by atoms with Gasteiger partial charge in [0.05, 0.1) is 13.2 Å². The molecule has 0 bridgehead atoms. The molecule has 1 aromatic carbocycles. The summed E-state index contributed by atoms with van der Waals surface area (Å²) in [5, 5.41) is 0. The highest BCUT2D eigenvalue weighted by Crippen LogP contribution is 2.18. The van der Waals surface area contributed by atoms with E-state index in [0.29, 0.717) is 0 Å². The Labute approximate surface area is 124 Å². The molecule has 0 radical (unpaired) electrons. The molecule has 0 heterocycles. The van der Waals surface area contributed by atoms with E-state index in [1.807, 2.05) is 0 Å². The van der Waals surface area contributed by atoms with Crippen LogP contribution in [0.2, 0.25) is 0 Å². The van der Waals surface area contributed by atoms with Gasteiger partial charge in [-0.3, -0.25) is 0 Å². The van der Waals surface area contributed by atoms with E-state index >= 15 is 0 Å². The average molecular weight is 278 g/mol. The maximum Gasteiger partial charge on any atom is 0.0719 e. The van der Waals surface area contributed by atoms with Crippen molar-refractivity contribution in [1.29, 1.82) is 0 Å². The number of ether oxygens (including phenoxy) is 2. The molecule has 2 heteroatoms. The number of rotatable bonds is 10. The van der Waals surface area contributed by atoms with Crippen molar-refractivity contribution >= 4 is 0 Å². The number of unbranched alkanes of at least 4 members (excludes halogenated alkanes) is 2. The zero-order valence-corrected chi connectivity index (χ0v) is 13.6. The SMILES string of the molecule is CCCCOCc1cc(C)c(COCCCC)cc1C. The van der Waals surface area contributed by atoms with Gasteiger partial charge in [0.15, 0.2) is 0 Å². The summed E-state index contributed by atoms with van der Waals surface area (Å²) >= 11 is 0. The molecule has 1 rings (SSSR count). The minimum atomic E-state index is 0.726. The molecule has 20 heavy (non-hydrogen) atoms. The van der Waals surface area contributed by atoms with Gasteiger partial charge in [-0.2, -0.15) is 0 Å². The van der Waals surface area contributed by atoms with Crippen molar-refractivity contribution in [3.05, 3.63) is 34.4 Å². The summed E-state index contributed by atoms with van der Waals surface area (Å²) < 4.78 is 11.4. The van der Waals surface area contributed by atoms with Gasteiger partial charge >= 0.3 is 0 Å². The third-order valence-corrected chi connectivity index (χ3v) is 3.59. The van der Waals surface area contributed by atoms with Gasteiger partial charge < -0.3 is 9.47 Å². The maximum atomic E-state index is 5.72. The summed E-state index contributed by atoms with van der Waals surface area (Å²) in [6.07, 6.45) is 4.65. The summed E-state index contributed by atoms with van der Waals surface area (Å²) in [6.45, 7) is 11.9. The molecule has 0 saturated heterocycles. The van der Waals surface area contributed by atoms with Gasteiger partial charge in [0.25, 0.3) is 0 Å². The smallest absolute Gasteiger partial charge is 0.0719 e. The lowest BCUT2D eigenvalue weighted by atomic mass is 10.0. The fraction of sp³-hybridized carbons (Fsp3) is 0.667. The second-order valence-corrected chi connectivity index (χ2v) is 5.52. The third-order valence-electron chi connectivity index (χ3n) is 3.59. The molecular weight excluding hydrogens is 248 g/mol. The van der Waals surface area contributed by atoms with E-state index < -0.39 is 0 Å². The molecule has 0 N–H and O–H groups in total. The molecule has 0 amide bonds. The van der Waals surface area contributed by atoms with Gasteiger partial charge in [-0.05, 0) is 48.9 Å². The normalized spacial score (nSPS) is 11.0. The first-order valence-electron chi connectivity index (χ1n) is 7.93. The van der Waals surface area contributed by atoms with Crippen LogP contribution in [0.1, 0.15) is 61.8 Å². The van der Waals surface area contributed by atoms with Crippen molar-refractivity contribution in [2.75, 3.05) is 13.2 Å². The van der Waals surface area contributed by atoms with Crippen molar-refractivity contribution in [1.82, 2.24) is 0 Å². The molecule has 2 nitrogen and oxygen atoms in total. The number of benzene rings is 1. The lowest BCUT2D eigenvalue weighted by Gasteiger charge is -2.13. The first-order valence-corrected chi connectivity index (χ1v) is 7.93. The van der Waals surface area contributed by atoms with Crippen LogP contribution in [-0.2, 0) is 22.7 Å². The standard InChI is InChI=1S/C18H30O2/c1-5-7-9-19-13-17-11-16(4)18(12-15(17)3)14-20-10-8-6-2/h11-12H,5-10,13-14H2,1-4H3. The highest BCUT2D eigenvalue weighted by molar-refractivity contribution is 5.36. The third kappa shape index (κ3) is 6.06. The highest BCUT2D eigenvalue weighted by atomic mass is 16.5. The van der Waals surface area contributed by atoms with E-state index in [0.717, 1.165) is 39.3 Å². The average Bonchev–Trinajstić information content (AvgIpc) is 2.44. The minimum absolute atomic E-state index is 0.726. The second kappa shape index (κ2) is 9.95. The van der Waals surface area contributed by atoms with Crippen LogP contribution in [0.25, 0.3) is 0 Å². The van der Waals surface area contributed by atoms with Gasteiger partial charge in [-0.1, -0.05) is 38.8 Å². The summed E-state index contributed by atoms with van der Waals surface area (Å²) in [4.78, 5) is 0. The van der Waals surface area contributed by atoms with Gasteiger partial charge in [-0.25, -0.2) is 0 Å². The number of aryl methyl sites for hydroxylation is 2. The summed E-state index contributed by atoms with van der Waals surface area (Å²) in [7, 11) is 0. The van der Waals surface area contributed by atoms with Crippen LogP contribution in [0.4, 0.5) is 0 Å². The molecule has 0 aliphatic heterocycles. The molecule has 1 aromatic rings. The van der Waals surface area contributed by atoms with Crippen LogP contribution in [0, 0.1) is 13.8 Å². The molecule has 0 atom stereocenters. The summed E-state index contributed by atoms with van der Waals surface area (Å²) in [6, 6.07) is 4.50. The first-order chi connectivity index (χ1) is 9.69. The van der Waals surface area contributed by atoms with Gasteiger partial charge in [0.2, 0.25) is 0 Å². The Hall–Kier alpha value is -0.860. The van der Waals surface area contributed by atoms with Crippen molar-refractivity contribution in [2.24, 2.45) is 0 Å². The zero-order chi connectivity index (χ0) is 14.8. The Kier molecular flexibility index (Phi) is 8.56. The van der Waals surface area contributed by atoms with Crippen LogP contribution in [0.3, 0.4) is 0 Å². The quantitative estimate of drug-likeness (QED) is 0.565. The monoisotopic (exact) mass is 278 g/mol. The predicted molar refractivity (Wildman–Crippen MR) is 85.0 cm³/mol. The Morgan fingerprint density at radius 3 is 1.50 bits per heavy atom.